The molecule has 2 fully saturated rings. The monoisotopic (exact) mass is 468 g/mol. The Hall–Kier alpha value is -3.53. The van der Waals surface area contributed by atoms with E-state index in [2.05, 4.69) is 26.2 Å². The zero-order valence-electron chi connectivity index (χ0n) is 19.6. The second-order valence-corrected chi connectivity index (χ2v) is 9.08. The summed E-state index contributed by atoms with van der Waals surface area (Å²) in [5.74, 6) is -0.396. The van der Waals surface area contributed by atoms with E-state index in [-0.39, 0.29) is 12.5 Å². The number of carbonyl (C=O) groups excluding carboxylic acids is 3. The molecule has 2 aliphatic rings. The molecule has 0 radical (unpaired) electrons. The highest BCUT2D eigenvalue weighted by molar-refractivity contribution is 6.09. The van der Waals surface area contributed by atoms with Crippen LogP contribution < -0.4 is 10.2 Å². The van der Waals surface area contributed by atoms with Crippen molar-refractivity contribution >= 4 is 23.7 Å². The summed E-state index contributed by atoms with van der Waals surface area (Å²) in [6.45, 7) is 4.20. The van der Waals surface area contributed by atoms with Crippen LogP contribution in [-0.4, -0.2) is 84.3 Å². The minimum atomic E-state index is -1.34. The molecule has 4 amide bonds. The highest BCUT2D eigenvalue weighted by Gasteiger charge is 2.49. The van der Waals surface area contributed by atoms with Crippen molar-refractivity contribution in [3.05, 3.63) is 59.5 Å². The molecule has 2 saturated heterocycles. The first-order chi connectivity index (χ1) is 16.2. The van der Waals surface area contributed by atoms with E-state index in [0.29, 0.717) is 31.7 Å². The Morgan fingerprint density at radius 1 is 1.09 bits per heavy atom. The van der Waals surface area contributed by atoms with Crippen molar-refractivity contribution in [3.63, 3.8) is 0 Å². The van der Waals surface area contributed by atoms with E-state index in [1.165, 1.54) is 24.3 Å². The van der Waals surface area contributed by atoms with Crippen molar-refractivity contribution in [1.82, 2.24) is 25.0 Å². The zero-order chi connectivity index (χ0) is 24.5. The number of benzene rings is 1. The first kappa shape index (κ1) is 23.6. The van der Waals surface area contributed by atoms with E-state index in [1.807, 2.05) is 26.4 Å². The highest BCUT2D eigenvalue weighted by Crippen LogP contribution is 2.29. The molecule has 1 unspecified atom stereocenters. The predicted molar refractivity (Wildman–Crippen MR) is 124 cm³/mol. The van der Waals surface area contributed by atoms with Crippen molar-refractivity contribution in [3.8, 4) is 0 Å². The lowest BCUT2D eigenvalue weighted by atomic mass is 9.92. The van der Waals surface area contributed by atoms with Crippen LogP contribution in [0.4, 0.5) is 15.0 Å². The summed E-state index contributed by atoms with van der Waals surface area (Å²) in [6.07, 6.45) is 1.86. The second kappa shape index (κ2) is 9.38. The largest absolute Gasteiger partial charge is 0.353 e. The number of hydrogen-bond donors (Lipinski definition) is 1. The van der Waals surface area contributed by atoms with Gasteiger partial charge in [-0.05, 0) is 50.3 Å². The topological polar surface area (TPSA) is 89.1 Å². The van der Waals surface area contributed by atoms with Crippen molar-refractivity contribution in [2.24, 2.45) is 0 Å². The highest BCUT2D eigenvalue weighted by atomic mass is 19.1. The van der Waals surface area contributed by atoms with Gasteiger partial charge < -0.3 is 20.0 Å². The quantitative estimate of drug-likeness (QED) is 0.645. The van der Waals surface area contributed by atoms with E-state index >= 15 is 0 Å². The molecule has 1 atom stereocenters. The third-order valence-electron chi connectivity index (χ3n) is 6.25. The Morgan fingerprint density at radius 2 is 1.76 bits per heavy atom. The number of rotatable bonds is 6. The lowest BCUT2D eigenvalue weighted by Gasteiger charge is -2.36. The minimum Gasteiger partial charge on any atom is -0.353 e. The molecule has 4 rings (SSSR count). The smallest absolute Gasteiger partial charge is 0.325 e. The summed E-state index contributed by atoms with van der Waals surface area (Å²) in [4.78, 5) is 49.8. The van der Waals surface area contributed by atoms with Crippen LogP contribution >= 0.6 is 0 Å². The number of nitrogens with one attached hydrogen (secondary N) is 1. The predicted octanol–water partition coefficient (Wildman–Crippen LogP) is 1.40. The number of imide groups is 1. The van der Waals surface area contributed by atoms with E-state index in [4.69, 9.17) is 0 Å². The van der Waals surface area contributed by atoms with Crippen molar-refractivity contribution in [1.29, 1.82) is 0 Å². The molecule has 0 bridgehead atoms. The number of hydrogen-bond acceptors (Lipinski definition) is 6. The number of pyridine rings is 1. The van der Waals surface area contributed by atoms with E-state index < -0.39 is 23.3 Å². The van der Waals surface area contributed by atoms with Gasteiger partial charge in [0.15, 0.2) is 0 Å². The van der Waals surface area contributed by atoms with Crippen LogP contribution in [0.15, 0.2) is 42.6 Å². The molecule has 2 aromatic rings. The minimum absolute atomic E-state index is 0.291. The van der Waals surface area contributed by atoms with Crippen LogP contribution in [0, 0.1) is 5.82 Å². The molecule has 3 heterocycles. The normalized spacial score (nSPS) is 20.8. The Morgan fingerprint density at radius 3 is 2.35 bits per heavy atom. The fourth-order valence-corrected chi connectivity index (χ4v) is 4.30. The number of halogens is 1. The van der Waals surface area contributed by atoms with Gasteiger partial charge in [-0.15, -0.1) is 0 Å². The molecule has 180 valence electrons. The Balaban J connectivity index is 1.34. The van der Waals surface area contributed by atoms with Gasteiger partial charge in [0.1, 0.15) is 23.7 Å². The number of nitrogens with zero attached hydrogens (tertiary/aromatic N) is 5. The number of anilines is 1. The van der Waals surface area contributed by atoms with Gasteiger partial charge in [0, 0.05) is 38.9 Å². The Kier molecular flexibility index (Phi) is 6.52. The SMILES string of the molecule is CN(C)Cc1ccc(N2CCN(C(=O)CN3C(=O)NC(C)(c4ccc(F)cc4)C3=O)CC2)nc1. The van der Waals surface area contributed by atoms with Gasteiger partial charge in [-0.25, -0.2) is 14.2 Å². The molecule has 1 aromatic carbocycles. The maximum absolute atomic E-state index is 13.3. The van der Waals surface area contributed by atoms with Gasteiger partial charge in [-0.1, -0.05) is 18.2 Å². The Labute approximate surface area is 198 Å². The van der Waals surface area contributed by atoms with Crippen LogP contribution in [0.1, 0.15) is 18.1 Å². The van der Waals surface area contributed by atoms with Crippen LogP contribution in [0.5, 0.6) is 0 Å². The van der Waals surface area contributed by atoms with Crippen molar-refractivity contribution in [2.75, 3.05) is 51.7 Å². The Bertz CT molecular complexity index is 1070. The molecular formula is C24H29FN6O3. The third kappa shape index (κ3) is 4.72. The maximum Gasteiger partial charge on any atom is 0.325 e. The van der Waals surface area contributed by atoms with Gasteiger partial charge >= 0.3 is 6.03 Å². The van der Waals surface area contributed by atoms with Gasteiger partial charge in [-0.3, -0.25) is 14.5 Å². The number of amides is 4. The summed E-state index contributed by atoms with van der Waals surface area (Å²) < 4.78 is 13.3. The molecule has 0 spiro atoms. The molecule has 0 aliphatic carbocycles. The first-order valence-electron chi connectivity index (χ1n) is 11.2. The molecule has 2 aliphatic heterocycles. The summed E-state index contributed by atoms with van der Waals surface area (Å²) in [7, 11) is 4.01. The van der Waals surface area contributed by atoms with Gasteiger partial charge in [0.2, 0.25) is 5.91 Å². The molecule has 1 aromatic heterocycles. The fraction of sp³-hybridized carbons (Fsp3) is 0.417. The van der Waals surface area contributed by atoms with E-state index in [9.17, 15) is 18.8 Å². The summed E-state index contributed by atoms with van der Waals surface area (Å²) >= 11 is 0. The van der Waals surface area contributed by atoms with E-state index in [1.54, 1.807) is 11.8 Å². The van der Waals surface area contributed by atoms with Crippen molar-refractivity contribution in [2.45, 2.75) is 19.0 Å². The summed E-state index contributed by atoms with van der Waals surface area (Å²) in [5, 5.41) is 2.64. The summed E-state index contributed by atoms with van der Waals surface area (Å²) in [6, 6.07) is 8.79. The van der Waals surface area contributed by atoms with Gasteiger partial charge in [0.25, 0.3) is 5.91 Å². The van der Waals surface area contributed by atoms with E-state index in [0.717, 1.165) is 22.8 Å². The average molecular weight is 469 g/mol. The van der Waals surface area contributed by atoms with Gasteiger partial charge in [0.05, 0.1) is 0 Å². The lowest BCUT2D eigenvalue weighted by Crippen LogP contribution is -2.52. The van der Waals surface area contributed by atoms with Crippen LogP contribution in [0.3, 0.4) is 0 Å². The van der Waals surface area contributed by atoms with Crippen LogP contribution in [-0.2, 0) is 21.7 Å². The number of aromatic nitrogens is 1. The second-order valence-electron chi connectivity index (χ2n) is 9.08. The molecule has 9 nitrogen and oxygen atoms in total. The number of piperazine rings is 1. The molecule has 0 saturated carbocycles. The van der Waals surface area contributed by atoms with Gasteiger partial charge in [-0.2, -0.15) is 0 Å². The van der Waals surface area contributed by atoms with Crippen LogP contribution in [0.25, 0.3) is 0 Å². The number of urea groups is 1. The van der Waals surface area contributed by atoms with Crippen LogP contribution in [0.2, 0.25) is 0 Å². The summed E-state index contributed by atoms with van der Waals surface area (Å²) in [5.41, 5.74) is 0.248. The molecule has 1 N–H and O–H groups in total. The molecule has 34 heavy (non-hydrogen) atoms. The first-order valence-corrected chi connectivity index (χ1v) is 11.2. The third-order valence-corrected chi connectivity index (χ3v) is 6.25. The standard InChI is InChI=1S/C24H29FN6O3/c1-24(18-5-7-19(25)8-6-18)22(33)31(23(34)27-24)16-21(32)30-12-10-29(11-13-30)20-9-4-17(14-26-20)15-28(2)3/h4-9,14H,10-13,15-16H2,1-3H3,(H,27,34). The fourth-order valence-electron chi connectivity index (χ4n) is 4.30. The average Bonchev–Trinajstić information content (AvgIpc) is 3.03. The van der Waals surface area contributed by atoms with Crippen molar-refractivity contribution < 1.29 is 18.8 Å². The molecule has 10 heteroatoms. The maximum atomic E-state index is 13.3. The molecular weight excluding hydrogens is 439 g/mol. The lowest BCUT2D eigenvalue weighted by molar-refractivity contribution is -0.139. The number of carbonyl (C=O) groups is 3. The zero-order valence-corrected chi connectivity index (χ0v) is 19.6.